The van der Waals surface area contributed by atoms with Gasteiger partial charge in [-0.15, -0.1) is 0 Å². The van der Waals surface area contributed by atoms with Gasteiger partial charge in [0.2, 0.25) is 0 Å². The standard InChI is InChI=1S/C22H24F2N6O3/c1-22(2,33)18(24)11-28-21(32)16-10-26-19(6-17(16)29-15(7-23)12-31)30-4-3-14-5-13(8-25)9-27-20(14)30/h3-6,9-10,15,18,31,33H,7,11-12H2,1-2H3,(H,26,29)(H,28,32). The first kappa shape index (κ1) is 24.0. The fourth-order valence-electron chi connectivity index (χ4n) is 3.03. The van der Waals surface area contributed by atoms with Crippen LogP contribution in [0.25, 0.3) is 16.9 Å². The van der Waals surface area contributed by atoms with Gasteiger partial charge in [0, 0.05) is 30.0 Å². The number of hydrogen-bond donors (Lipinski definition) is 4. The van der Waals surface area contributed by atoms with Crippen molar-refractivity contribution in [1.29, 1.82) is 5.26 Å². The van der Waals surface area contributed by atoms with E-state index in [2.05, 4.69) is 20.6 Å². The van der Waals surface area contributed by atoms with Crippen LogP contribution in [0.5, 0.6) is 0 Å². The molecule has 3 aromatic rings. The van der Waals surface area contributed by atoms with Crippen molar-refractivity contribution in [2.75, 3.05) is 25.1 Å². The van der Waals surface area contributed by atoms with Gasteiger partial charge in [0.25, 0.3) is 5.91 Å². The Hall–Kier alpha value is -3.62. The Bertz CT molecular complexity index is 1180. The molecule has 3 aromatic heterocycles. The van der Waals surface area contributed by atoms with Crippen LogP contribution < -0.4 is 10.6 Å². The molecule has 4 N–H and O–H groups in total. The number of hydrogen-bond acceptors (Lipinski definition) is 7. The minimum Gasteiger partial charge on any atom is -0.394 e. The lowest BCUT2D eigenvalue weighted by atomic mass is 10.0. The fourth-order valence-corrected chi connectivity index (χ4v) is 3.03. The van der Waals surface area contributed by atoms with Gasteiger partial charge < -0.3 is 20.8 Å². The smallest absolute Gasteiger partial charge is 0.255 e. The second kappa shape index (κ2) is 9.89. The summed E-state index contributed by atoms with van der Waals surface area (Å²) in [6.45, 7) is 0.713. The monoisotopic (exact) mass is 458 g/mol. The minimum atomic E-state index is -1.71. The van der Waals surface area contributed by atoms with Crippen LogP contribution in [0.1, 0.15) is 29.8 Å². The fraction of sp³-hybridized carbons (Fsp3) is 0.364. The van der Waals surface area contributed by atoms with Gasteiger partial charge >= 0.3 is 0 Å². The maximum atomic E-state index is 14.0. The molecule has 9 nitrogen and oxygen atoms in total. The summed E-state index contributed by atoms with van der Waals surface area (Å²) in [5.41, 5.74) is -0.554. The van der Waals surface area contributed by atoms with Gasteiger partial charge in [0.1, 0.15) is 30.4 Å². The van der Waals surface area contributed by atoms with Crippen LogP contribution in [0.3, 0.4) is 0 Å². The highest BCUT2D eigenvalue weighted by Crippen LogP contribution is 2.24. The Morgan fingerprint density at radius 3 is 2.73 bits per heavy atom. The lowest BCUT2D eigenvalue weighted by Gasteiger charge is -2.23. The van der Waals surface area contributed by atoms with E-state index >= 15 is 0 Å². The summed E-state index contributed by atoms with van der Waals surface area (Å²) in [7, 11) is 0. The molecule has 0 aliphatic carbocycles. The van der Waals surface area contributed by atoms with Crippen LogP contribution in [-0.2, 0) is 0 Å². The molecule has 3 rings (SSSR count). The summed E-state index contributed by atoms with van der Waals surface area (Å²) in [5.74, 6) is -0.343. The number of carbonyl (C=O) groups excluding carboxylic acids is 1. The molecule has 0 fully saturated rings. The summed E-state index contributed by atoms with van der Waals surface area (Å²) >= 11 is 0. The minimum absolute atomic E-state index is 0.00443. The Morgan fingerprint density at radius 2 is 2.09 bits per heavy atom. The number of nitrogens with zero attached hydrogens (tertiary/aromatic N) is 4. The average molecular weight is 458 g/mol. The first-order valence-electron chi connectivity index (χ1n) is 10.1. The van der Waals surface area contributed by atoms with Gasteiger partial charge in [-0.05, 0) is 26.0 Å². The molecule has 3 heterocycles. The Balaban J connectivity index is 1.97. The van der Waals surface area contributed by atoms with Gasteiger partial charge in [0.15, 0.2) is 0 Å². The van der Waals surface area contributed by atoms with Crippen LogP contribution in [0.2, 0.25) is 0 Å². The number of alkyl halides is 2. The van der Waals surface area contributed by atoms with E-state index in [9.17, 15) is 23.8 Å². The van der Waals surface area contributed by atoms with Crippen molar-refractivity contribution < 1.29 is 23.8 Å². The van der Waals surface area contributed by atoms with Crippen molar-refractivity contribution in [2.24, 2.45) is 0 Å². The number of halogens is 2. The number of fused-ring (bicyclic) bond motifs is 1. The molecule has 174 valence electrons. The summed E-state index contributed by atoms with van der Waals surface area (Å²) in [4.78, 5) is 21.3. The number of anilines is 1. The molecule has 33 heavy (non-hydrogen) atoms. The Kier molecular flexibility index (Phi) is 7.20. The summed E-state index contributed by atoms with van der Waals surface area (Å²) in [6, 6.07) is 5.93. The normalized spacial score (nSPS) is 13.4. The van der Waals surface area contributed by atoms with Crippen molar-refractivity contribution in [3.63, 3.8) is 0 Å². The largest absolute Gasteiger partial charge is 0.394 e. The molecule has 11 heteroatoms. The predicted molar refractivity (Wildman–Crippen MR) is 118 cm³/mol. The van der Waals surface area contributed by atoms with Gasteiger partial charge in [-0.25, -0.2) is 18.7 Å². The SMILES string of the molecule is CC(C)(O)C(F)CNC(=O)c1cnc(-n2ccc3cc(C#N)cnc32)cc1NC(CO)CF. The van der Waals surface area contributed by atoms with Crippen LogP contribution in [0, 0.1) is 11.3 Å². The van der Waals surface area contributed by atoms with E-state index in [0.717, 1.165) is 0 Å². The third kappa shape index (κ3) is 5.42. The Labute approximate surface area is 188 Å². The molecule has 0 saturated heterocycles. The topological polar surface area (TPSA) is 136 Å². The van der Waals surface area contributed by atoms with Crippen LogP contribution in [0.15, 0.2) is 36.8 Å². The number of aliphatic hydroxyl groups excluding tert-OH is 1. The van der Waals surface area contributed by atoms with E-state index in [4.69, 9.17) is 5.26 Å². The number of carbonyl (C=O) groups is 1. The molecule has 0 aliphatic rings. The highest BCUT2D eigenvalue weighted by molar-refractivity contribution is 5.99. The number of amides is 1. The average Bonchev–Trinajstić information content (AvgIpc) is 3.23. The van der Waals surface area contributed by atoms with Crippen molar-refractivity contribution in [1.82, 2.24) is 19.9 Å². The second-order valence-electron chi connectivity index (χ2n) is 8.03. The molecule has 1 amide bonds. The zero-order valence-electron chi connectivity index (χ0n) is 18.1. The van der Waals surface area contributed by atoms with E-state index in [1.165, 1.54) is 32.3 Å². The van der Waals surface area contributed by atoms with E-state index in [1.807, 2.05) is 6.07 Å². The molecule has 0 bridgehead atoms. The first-order valence-corrected chi connectivity index (χ1v) is 10.1. The quantitative estimate of drug-likeness (QED) is 0.384. The molecular formula is C22H24F2N6O3. The van der Waals surface area contributed by atoms with Crippen LogP contribution >= 0.6 is 0 Å². The Morgan fingerprint density at radius 1 is 1.33 bits per heavy atom. The van der Waals surface area contributed by atoms with Crippen molar-refractivity contribution in [3.05, 3.63) is 47.9 Å². The number of aliphatic hydroxyl groups is 2. The predicted octanol–water partition coefficient (Wildman–Crippen LogP) is 1.87. The van der Waals surface area contributed by atoms with E-state index in [1.54, 1.807) is 22.9 Å². The third-order valence-electron chi connectivity index (χ3n) is 5.01. The molecule has 2 unspecified atom stereocenters. The number of nitrogens with one attached hydrogen (secondary N) is 2. The highest BCUT2D eigenvalue weighted by atomic mass is 19.1. The van der Waals surface area contributed by atoms with Gasteiger partial charge in [-0.3, -0.25) is 9.36 Å². The molecule has 2 atom stereocenters. The van der Waals surface area contributed by atoms with Crippen LogP contribution in [-0.4, -0.2) is 68.3 Å². The van der Waals surface area contributed by atoms with Crippen LogP contribution in [0.4, 0.5) is 14.5 Å². The molecule has 0 aliphatic heterocycles. The van der Waals surface area contributed by atoms with Crippen molar-refractivity contribution in [3.8, 4) is 11.9 Å². The summed E-state index contributed by atoms with van der Waals surface area (Å²) in [6.07, 6.45) is 2.63. The maximum Gasteiger partial charge on any atom is 0.255 e. The molecule has 0 radical (unpaired) electrons. The number of pyridine rings is 2. The van der Waals surface area contributed by atoms with E-state index in [0.29, 0.717) is 22.4 Å². The number of aromatic nitrogens is 3. The van der Waals surface area contributed by atoms with Crippen molar-refractivity contribution >= 4 is 22.6 Å². The molecule has 0 saturated carbocycles. The zero-order chi connectivity index (χ0) is 24.2. The van der Waals surface area contributed by atoms with E-state index < -0.39 is 43.5 Å². The molecule has 0 aromatic carbocycles. The third-order valence-corrected chi connectivity index (χ3v) is 5.01. The van der Waals surface area contributed by atoms with E-state index in [-0.39, 0.29) is 11.3 Å². The molecule has 0 spiro atoms. The first-order chi connectivity index (χ1) is 15.7. The summed E-state index contributed by atoms with van der Waals surface area (Å²) < 4.78 is 28.9. The van der Waals surface area contributed by atoms with Gasteiger partial charge in [-0.2, -0.15) is 5.26 Å². The lowest BCUT2D eigenvalue weighted by molar-refractivity contribution is -0.00177. The van der Waals surface area contributed by atoms with Gasteiger partial charge in [0.05, 0.1) is 41.6 Å². The molecular weight excluding hydrogens is 434 g/mol. The highest BCUT2D eigenvalue weighted by Gasteiger charge is 2.27. The number of nitriles is 1. The summed E-state index contributed by atoms with van der Waals surface area (Å²) in [5, 5.41) is 34.0. The number of rotatable bonds is 9. The van der Waals surface area contributed by atoms with Crippen molar-refractivity contribution in [2.45, 2.75) is 31.7 Å². The zero-order valence-corrected chi connectivity index (χ0v) is 18.1. The van der Waals surface area contributed by atoms with Gasteiger partial charge in [-0.1, -0.05) is 0 Å². The lowest BCUT2D eigenvalue weighted by Crippen LogP contribution is -2.42. The maximum absolute atomic E-state index is 14.0. The second-order valence-corrected chi connectivity index (χ2v) is 8.03.